The Morgan fingerprint density at radius 2 is 1.63 bits per heavy atom. The van der Waals surface area contributed by atoms with E-state index in [0.717, 1.165) is 30.0 Å². The largest absolute Gasteiger partial charge is 0.319 e. The molecule has 3 aromatic carbocycles. The summed E-state index contributed by atoms with van der Waals surface area (Å²) in [6.45, 7) is 0. The number of rotatable bonds is 4. The standard InChI is InChI=1S/C23H17FN2O3S/c1-30(28,29)16-11-12-19(24)22(13-16)26-23(27)18-14-21(15-7-3-2-4-8-15)25-20-10-6-5-9-17(18)20/h2-14H,1H3,(H,26,27). The van der Waals surface area contributed by atoms with Crippen molar-refractivity contribution < 1.29 is 17.6 Å². The van der Waals surface area contributed by atoms with Crippen LogP contribution < -0.4 is 5.32 Å². The predicted molar refractivity (Wildman–Crippen MR) is 115 cm³/mol. The molecule has 0 atom stereocenters. The Hall–Kier alpha value is -3.58. The molecule has 0 saturated heterocycles. The molecule has 0 saturated carbocycles. The van der Waals surface area contributed by atoms with Gasteiger partial charge in [0, 0.05) is 17.2 Å². The van der Waals surface area contributed by atoms with Crippen LogP contribution in [0.15, 0.2) is 83.8 Å². The van der Waals surface area contributed by atoms with Gasteiger partial charge in [-0.05, 0) is 30.3 Å². The summed E-state index contributed by atoms with van der Waals surface area (Å²) < 4.78 is 37.8. The third-order valence-corrected chi connectivity index (χ3v) is 5.75. The van der Waals surface area contributed by atoms with Gasteiger partial charge in [-0.15, -0.1) is 0 Å². The molecule has 0 aliphatic heterocycles. The molecule has 0 aliphatic carbocycles. The van der Waals surface area contributed by atoms with Crippen LogP contribution in [0.25, 0.3) is 22.2 Å². The maximum absolute atomic E-state index is 14.3. The number of pyridine rings is 1. The van der Waals surface area contributed by atoms with Crippen molar-refractivity contribution in [1.29, 1.82) is 0 Å². The molecular weight excluding hydrogens is 403 g/mol. The van der Waals surface area contributed by atoms with Crippen molar-refractivity contribution >= 4 is 32.3 Å². The molecule has 1 heterocycles. The van der Waals surface area contributed by atoms with Gasteiger partial charge >= 0.3 is 0 Å². The van der Waals surface area contributed by atoms with Crippen LogP contribution in [0.1, 0.15) is 10.4 Å². The van der Waals surface area contributed by atoms with E-state index in [-0.39, 0.29) is 10.6 Å². The number of nitrogens with zero attached hydrogens (tertiary/aromatic N) is 1. The number of halogens is 1. The van der Waals surface area contributed by atoms with E-state index in [4.69, 9.17) is 0 Å². The minimum Gasteiger partial charge on any atom is -0.319 e. The van der Waals surface area contributed by atoms with Crippen molar-refractivity contribution in [2.45, 2.75) is 4.90 Å². The number of hydrogen-bond acceptors (Lipinski definition) is 4. The summed E-state index contributed by atoms with van der Waals surface area (Å²) in [6, 6.07) is 21.5. The van der Waals surface area contributed by atoms with E-state index < -0.39 is 21.6 Å². The van der Waals surface area contributed by atoms with E-state index in [0.29, 0.717) is 22.2 Å². The molecule has 0 unspecified atom stereocenters. The van der Waals surface area contributed by atoms with Gasteiger partial charge in [0.05, 0.1) is 27.4 Å². The molecule has 0 bridgehead atoms. The molecule has 0 spiro atoms. The molecule has 1 amide bonds. The lowest BCUT2D eigenvalue weighted by Crippen LogP contribution is -2.14. The van der Waals surface area contributed by atoms with Crippen LogP contribution in [0.5, 0.6) is 0 Å². The number of amides is 1. The monoisotopic (exact) mass is 420 g/mol. The molecule has 5 nitrogen and oxygen atoms in total. The van der Waals surface area contributed by atoms with Gasteiger partial charge in [-0.1, -0.05) is 48.5 Å². The summed E-state index contributed by atoms with van der Waals surface area (Å²) in [5, 5.41) is 3.11. The highest BCUT2D eigenvalue weighted by molar-refractivity contribution is 7.90. The van der Waals surface area contributed by atoms with Gasteiger partial charge in [-0.25, -0.2) is 17.8 Å². The number of benzene rings is 3. The highest BCUT2D eigenvalue weighted by atomic mass is 32.2. The summed E-state index contributed by atoms with van der Waals surface area (Å²) in [6.07, 6.45) is 1.02. The fraction of sp³-hybridized carbons (Fsp3) is 0.0435. The number of aromatic nitrogens is 1. The second kappa shape index (κ2) is 7.68. The van der Waals surface area contributed by atoms with E-state index in [9.17, 15) is 17.6 Å². The van der Waals surface area contributed by atoms with Crippen LogP contribution in [0.2, 0.25) is 0 Å². The third-order valence-electron chi connectivity index (χ3n) is 4.64. The third kappa shape index (κ3) is 3.92. The van der Waals surface area contributed by atoms with Crippen LogP contribution in [0, 0.1) is 5.82 Å². The van der Waals surface area contributed by atoms with Crippen molar-refractivity contribution in [3.05, 3.63) is 90.2 Å². The average Bonchev–Trinajstić information content (AvgIpc) is 2.74. The van der Waals surface area contributed by atoms with E-state index in [1.54, 1.807) is 24.3 Å². The fourth-order valence-electron chi connectivity index (χ4n) is 3.14. The smallest absolute Gasteiger partial charge is 0.256 e. The molecule has 0 aliphatic rings. The number of carbonyl (C=O) groups excluding carboxylic acids is 1. The van der Waals surface area contributed by atoms with Crippen molar-refractivity contribution in [2.24, 2.45) is 0 Å². The number of para-hydroxylation sites is 1. The first-order valence-corrected chi connectivity index (χ1v) is 11.0. The molecule has 4 aromatic rings. The molecule has 150 valence electrons. The van der Waals surface area contributed by atoms with Crippen molar-refractivity contribution in [3.63, 3.8) is 0 Å². The molecule has 0 fully saturated rings. The molecular formula is C23H17FN2O3S. The van der Waals surface area contributed by atoms with Crippen LogP contribution in [-0.2, 0) is 9.84 Å². The van der Waals surface area contributed by atoms with Gasteiger partial charge in [-0.3, -0.25) is 4.79 Å². The molecule has 30 heavy (non-hydrogen) atoms. The van der Waals surface area contributed by atoms with E-state index in [1.807, 2.05) is 36.4 Å². The number of fused-ring (bicyclic) bond motifs is 1. The van der Waals surface area contributed by atoms with Gasteiger partial charge in [0.15, 0.2) is 9.84 Å². The Kier molecular flexibility index (Phi) is 5.05. The fourth-order valence-corrected chi connectivity index (χ4v) is 3.79. The lowest BCUT2D eigenvalue weighted by molar-refractivity contribution is 0.102. The molecule has 0 radical (unpaired) electrons. The predicted octanol–water partition coefficient (Wildman–Crippen LogP) is 4.70. The van der Waals surface area contributed by atoms with Crippen LogP contribution >= 0.6 is 0 Å². The number of carbonyl (C=O) groups is 1. The highest BCUT2D eigenvalue weighted by Crippen LogP contribution is 2.26. The quantitative estimate of drug-likeness (QED) is 0.486. The summed E-state index contributed by atoms with van der Waals surface area (Å²) in [5.41, 5.74) is 2.16. The Labute approximate surface area is 173 Å². The highest BCUT2D eigenvalue weighted by Gasteiger charge is 2.17. The molecule has 4 rings (SSSR count). The van der Waals surface area contributed by atoms with Crippen LogP contribution in [-0.4, -0.2) is 25.6 Å². The van der Waals surface area contributed by atoms with E-state index >= 15 is 0 Å². The first-order chi connectivity index (χ1) is 14.3. The normalized spacial score (nSPS) is 11.4. The van der Waals surface area contributed by atoms with E-state index in [1.165, 1.54) is 0 Å². The summed E-state index contributed by atoms with van der Waals surface area (Å²) >= 11 is 0. The Morgan fingerprint density at radius 1 is 0.933 bits per heavy atom. The summed E-state index contributed by atoms with van der Waals surface area (Å²) in [4.78, 5) is 17.6. The second-order valence-electron chi connectivity index (χ2n) is 6.81. The SMILES string of the molecule is CS(=O)(=O)c1ccc(F)c(NC(=O)c2cc(-c3ccccc3)nc3ccccc23)c1. The Balaban J connectivity index is 1.81. The number of sulfone groups is 1. The second-order valence-corrected chi connectivity index (χ2v) is 8.82. The van der Waals surface area contributed by atoms with Crippen LogP contribution in [0.4, 0.5) is 10.1 Å². The first-order valence-electron chi connectivity index (χ1n) is 9.09. The van der Waals surface area contributed by atoms with Crippen molar-refractivity contribution in [1.82, 2.24) is 4.98 Å². The molecule has 1 N–H and O–H groups in total. The lowest BCUT2D eigenvalue weighted by Gasteiger charge is -2.12. The minimum atomic E-state index is -3.55. The Bertz CT molecular complexity index is 1370. The maximum atomic E-state index is 14.3. The zero-order valence-corrected chi connectivity index (χ0v) is 16.8. The van der Waals surface area contributed by atoms with Gasteiger partial charge in [-0.2, -0.15) is 0 Å². The van der Waals surface area contributed by atoms with E-state index in [2.05, 4.69) is 10.3 Å². The zero-order valence-electron chi connectivity index (χ0n) is 16.0. The summed E-state index contributed by atoms with van der Waals surface area (Å²) in [7, 11) is -3.55. The molecule has 1 aromatic heterocycles. The topological polar surface area (TPSA) is 76.1 Å². The van der Waals surface area contributed by atoms with Gasteiger partial charge < -0.3 is 5.32 Å². The maximum Gasteiger partial charge on any atom is 0.256 e. The first kappa shape index (κ1) is 19.7. The lowest BCUT2D eigenvalue weighted by atomic mass is 10.0. The van der Waals surface area contributed by atoms with Crippen molar-refractivity contribution in [3.8, 4) is 11.3 Å². The van der Waals surface area contributed by atoms with Crippen molar-refractivity contribution in [2.75, 3.05) is 11.6 Å². The number of hydrogen-bond donors (Lipinski definition) is 1. The summed E-state index contributed by atoms with van der Waals surface area (Å²) in [5.74, 6) is -1.28. The average molecular weight is 420 g/mol. The zero-order chi connectivity index (χ0) is 21.3. The van der Waals surface area contributed by atoms with Gasteiger partial charge in [0.1, 0.15) is 5.82 Å². The Morgan fingerprint density at radius 3 is 2.37 bits per heavy atom. The van der Waals surface area contributed by atoms with Gasteiger partial charge in [0.25, 0.3) is 5.91 Å². The minimum absolute atomic E-state index is 0.0799. The number of nitrogens with one attached hydrogen (secondary N) is 1. The van der Waals surface area contributed by atoms with Crippen LogP contribution in [0.3, 0.4) is 0 Å². The van der Waals surface area contributed by atoms with Gasteiger partial charge in [0.2, 0.25) is 0 Å². The molecule has 7 heteroatoms. The number of anilines is 1.